The number of likely N-dealkylation sites (N-methyl/N-ethyl adjacent to an activating group) is 1. The summed E-state index contributed by atoms with van der Waals surface area (Å²) in [4.78, 5) is 22.9. The number of nitrogens with zero attached hydrogens (tertiary/aromatic N) is 4. The first-order valence-electron chi connectivity index (χ1n) is 11.2. The van der Waals surface area contributed by atoms with E-state index >= 15 is 0 Å². The van der Waals surface area contributed by atoms with Crippen LogP contribution in [0.2, 0.25) is 0 Å². The highest BCUT2D eigenvalue weighted by molar-refractivity contribution is 14.0. The molecule has 0 aliphatic carbocycles. The molecule has 0 aromatic carbocycles. The summed E-state index contributed by atoms with van der Waals surface area (Å²) < 4.78 is 5.40. The van der Waals surface area contributed by atoms with Crippen molar-refractivity contribution in [3.8, 4) is 0 Å². The summed E-state index contributed by atoms with van der Waals surface area (Å²) in [6.45, 7) is 15.7. The lowest BCUT2D eigenvalue weighted by atomic mass is 10.2. The Labute approximate surface area is 201 Å². The van der Waals surface area contributed by atoms with Gasteiger partial charge >= 0.3 is 0 Å². The van der Waals surface area contributed by atoms with E-state index in [9.17, 15) is 4.79 Å². The molecule has 0 aromatic heterocycles. The molecule has 30 heavy (non-hydrogen) atoms. The van der Waals surface area contributed by atoms with Crippen molar-refractivity contribution in [2.45, 2.75) is 46.1 Å². The Bertz CT molecular complexity index is 468. The molecule has 1 aliphatic heterocycles. The Balaban J connectivity index is 0.00000841. The molecule has 2 N–H and O–H groups in total. The van der Waals surface area contributed by atoms with Gasteiger partial charge in [-0.2, -0.15) is 0 Å². The highest BCUT2D eigenvalue weighted by atomic mass is 127. The number of guanidine groups is 1. The Kier molecular flexibility index (Phi) is 17.6. The second-order valence-electron chi connectivity index (χ2n) is 7.90. The number of morpholine rings is 1. The number of rotatable bonds is 13. The van der Waals surface area contributed by atoms with E-state index in [0.29, 0.717) is 6.04 Å². The maximum absolute atomic E-state index is 11.9. The van der Waals surface area contributed by atoms with Crippen molar-refractivity contribution in [1.29, 1.82) is 0 Å². The zero-order valence-electron chi connectivity index (χ0n) is 19.8. The molecular formula is C21H45IN6O2. The van der Waals surface area contributed by atoms with Crippen LogP contribution in [0.3, 0.4) is 0 Å². The number of carbonyl (C=O) groups is 1. The van der Waals surface area contributed by atoms with Gasteiger partial charge in [0.1, 0.15) is 6.54 Å². The Hall–Kier alpha value is -0.650. The molecule has 0 spiro atoms. The summed E-state index contributed by atoms with van der Waals surface area (Å²) in [7, 11) is 3.52. The molecule has 9 heteroatoms. The first kappa shape index (κ1) is 29.4. The van der Waals surface area contributed by atoms with E-state index in [2.05, 4.69) is 46.2 Å². The molecule has 0 aromatic rings. The van der Waals surface area contributed by atoms with Gasteiger partial charge in [-0.15, -0.1) is 24.0 Å². The second kappa shape index (κ2) is 18.0. The molecule has 0 bridgehead atoms. The summed E-state index contributed by atoms with van der Waals surface area (Å²) >= 11 is 0. The summed E-state index contributed by atoms with van der Waals surface area (Å²) in [5.74, 6) is 0.742. The molecular weight excluding hydrogens is 495 g/mol. The molecule has 1 saturated heterocycles. The third-order valence-electron chi connectivity index (χ3n) is 5.31. The lowest BCUT2D eigenvalue weighted by Gasteiger charge is -2.26. The average Bonchev–Trinajstić information content (AvgIpc) is 2.72. The zero-order chi connectivity index (χ0) is 21.5. The zero-order valence-corrected chi connectivity index (χ0v) is 22.1. The van der Waals surface area contributed by atoms with E-state index in [0.717, 1.165) is 84.2 Å². The van der Waals surface area contributed by atoms with Crippen LogP contribution in [0.1, 0.15) is 40.0 Å². The normalized spacial score (nSPS) is 16.1. The third kappa shape index (κ3) is 13.6. The fraction of sp³-hybridized carbons (Fsp3) is 0.905. The Morgan fingerprint density at radius 3 is 2.43 bits per heavy atom. The SMILES string of the molecule is CCN(CC)CCCC(C)NC(=NCC(=O)N(C)C)NCCCN1CCOCC1.I. The van der Waals surface area contributed by atoms with Crippen LogP contribution in [0.15, 0.2) is 4.99 Å². The summed E-state index contributed by atoms with van der Waals surface area (Å²) in [5.41, 5.74) is 0. The van der Waals surface area contributed by atoms with Gasteiger partial charge in [-0.3, -0.25) is 9.69 Å². The monoisotopic (exact) mass is 540 g/mol. The van der Waals surface area contributed by atoms with Crippen LogP contribution in [-0.2, 0) is 9.53 Å². The number of carbonyl (C=O) groups excluding carboxylic acids is 1. The summed E-state index contributed by atoms with van der Waals surface area (Å²) in [6, 6.07) is 0.311. The van der Waals surface area contributed by atoms with Crippen LogP contribution in [0.4, 0.5) is 0 Å². The molecule has 1 rings (SSSR count). The van der Waals surface area contributed by atoms with Crippen LogP contribution in [-0.4, -0.2) is 112 Å². The third-order valence-corrected chi connectivity index (χ3v) is 5.31. The number of hydrogen-bond acceptors (Lipinski definition) is 5. The van der Waals surface area contributed by atoms with Crippen molar-refractivity contribution >= 4 is 35.8 Å². The van der Waals surface area contributed by atoms with E-state index in [1.165, 1.54) is 0 Å². The molecule has 1 amide bonds. The van der Waals surface area contributed by atoms with Crippen LogP contribution in [0.5, 0.6) is 0 Å². The Morgan fingerprint density at radius 1 is 1.17 bits per heavy atom. The van der Waals surface area contributed by atoms with Crippen LogP contribution < -0.4 is 10.6 Å². The maximum atomic E-state index is 11.9. The molecule has 1 atom stereocenters. The minimum absolute atomic E-state index is 0. The molecule has 178 valence electrons. The fourth-order valence-corrected chi connectivity index (χ4v) is 3.24. The van der Waals surface area contributed by atoms with Crippen LogP contribution >= 0.6 is 24.0 Å². The molecule has 0 radical (unpaired) electrons. The predicted molar refractivity (Wildman–Crippen MR) is 136 cm³/mol. The minimum atomic E-state index is 0. The van der Waals surface area contributed by atoms with Gasteiger partial charge in [0, 0.05) is 39.8 Å². The van der Waals surface area contributed by atoms with E-state index in [1.54, 1.807) is 19.0 Å². The maximum Gasteiger partial charge on any atom is 0.243 e. The standard InChI is InChI=1S/C21H44N6O2.HI/c1-6-26(7-2)12-8-10-19(3)24-21(23-18-20(28)25(4)5)22-11-9-13-27-14-16-29-17-15-27;/h19H,6-18H2,1-5H3,(H2,22,23,24);1H. The summed E-state index contributed by atoms with van der Waals surface area (Å²) in [6.07, 6.45) is 3.27. The van der Waals surface area contributed by atoms with Gasteiger partial charge in [-0.1, -0.05) is 13.8 Å². The van der Waals surface area contributed by atoms with Gasteiger partial charge in [0.2, 0.25) is 5.91 Å². The average molecular weight is 541 g/mol. The highest BCUT2D eigenvalue weighted by Crippen LogP contribution is 2.00. The van der Waals surface area contributed by atoms with E-state index < -0.39 is 0 Å². The number of hydrogen-bond donors (Lipinski definition) is 2. The number of nitrogens with one attached hydrogen (secondary N) is 2. The lowest BCUT2D eigenvalue weighted by Crippen LogP contribution is -2.44. The Morgan fingerprint density at radius 2 is 1.83 bits per heavy atom. The number of halogens is 1. The first-order chi connectivity index (χ1) is 14.0. The number of ether oxygens (including phenoxy) is 1. The summed E-state index contributed by atoms with van der Waals surface area (Å²) in [5, 5.41) is 6.88. The molecule has 1 heterocycles. The van der Waals surface area contributed by atoms with Gasteiger partial charge in [0.15, 0.2) is 5.96 Å². The quantitative estimate of drug-likeness (QED) is 0.160. The van der Waals surface area contributed by atoms with Crippen molar-refractivity contribution < 1.29 is 9.53 Å². The van der Waals surface area contributed by atoms with Crippen molar-refractivity contribution in [1.82, 2.24) is 25.3 Å². The molecule has 8 nitrogen and oxygen atoms in total. The minimum Gasteiger partial charge on any atom is -0.379 e. The fourth-order valence-electron chi connectivity index (χ4n) is 3.24. The van der Waals surface area contributed by atoms with Crippen LogP contribution in [0, 0.1) is 0 Å². The predicted octanol–water partition coefficient (Wildman–Crippen LogP) is 1.46. The van der Waals surface area contributed by atoms with Gasteiger partial charge in [0.05, 0.1) is 13.2 Å². The second-order valence-corrected chi connectivity index (χ2v) is 7.90. The number of aliphatic imine (C=N–C) groups is 1. The van der Waals surface area contributed by atoms with Gasteiger partial charge in [-0.25, -0.2) is 4.99 Å². The van der Waals surface area contributed by atoms with E-state index in [4.69, 9.17) is 4.74 Å². The van der Waals surface area contributed by atoms with Crippen molar-refractivity contribution in [2.24, 2.45) is 4.99 Å². The van der Waals surface area contributed by atoms with Gasteiger partial charge < -0.3 is 25.2 Å². The van der Waals surface area contributed by atoms with Gasteiger partial charge in [-0.05, 0) is 52.4 Å². The lowest BCUT2D eigenvalue weighted by molar-refractivity contribution is -0.127. The topological polar surface area (TPSA) is 72.4 Å². The van der Waals surface area contributed by atoms with E-state index in [-0.39, 0.29) is 36.4 Å². The van der Waals surface area contributed by atoms with Crippen molar-refractivity contribution in [3.05, 3.63) is 0 Å². The molecule has 1 aliphatic rings. The largest absolute Gasteiger partial charge is 0.379 e. The smallest absolute Gasteiger partial charge is 0.243 e. The highest BCUT2D eigenvalue weighted by Gasteiger charge is 2.11. The first-order valence-corrected chi connectivity index (χ1v) is 11.2. The number of amides is 1. The molecule has 1 unspecified atom stereocenters. The molecule has 1 fully saturated rings. The molecule has 0 saturated carbocycles. The van der Waals surface area contributed by atoms with Gasteiger partial charge in [0.25, 0.3) is 0 Å². The van der Waals surface area contributed by atoms with Crippen molar-refractivity contribution in [3.63, 3.8) is 0 Å². The van der Waals surface area contributed by atoms with E-state index in [1.807, 2.05) is 0 Å². The van der Waals surface area contributed by atoms with Crippen molar-refractivity contribution in [2.75, 3.05) is 79.7 Å². The van der Waals surface area contributed by atoms with Crippen LogP contribution in [0.25, 0.3) is 0 Å².